The van der Waals surface area contributed by atoms with Gasteiger partial charge in [0.15, 0.2) is 0 Å². The molecule has 0 unspecified atom stereocenters. The number of carbonyl (C=O) groups excluding carboxylic acids is 2. The van der Waals surface area contributed by atoms with E-state index in [4.69, 9.17) is 20.3 Å². The summed E-state index contributed by atoms with van der Waals surface area (Å²) in [5.74, 6) is 0.460. The zero-order chi connectivity index (χ0) is 30.9. The van der Waals surface area contributed by atoms with E-state index in [1.807, 2.05) is 52.0 Å². The fraction of sp³-hybridized carbons (Fsp3) is 0.438. The predicted molar refractivity (Wildman–Crippen MR) is 161 cm³/mol. The van der Waals surface area contributed by atoms with Crippen LogP contribution in [0.3, 0.4) is 0 Å². The summed E-state index contributed by atoms with van der Waals surface area (Å²) in [5, 5.41) is 22.7. The monoisotopic (exact) mass is 585 g/mol. The number of carbonyl (C=O) groups is 2. The molecule has 2 aliphatic rings. The number of pyridine rings is 1. The minimum absolute atomic E-state index is 0.103. The van der Waals surface area contributed by atoms with Gasteiger partial charge in [0.05, 0.1) is 24.5 Å². The molecule has 43 heavy (non-hydrogen) atoms. The molecule has 2 aliphatic carbocycles. The summed E-state index contributed by atoms with van der Waals surface area (Å²) in [6.45, 7) is 9.83. The van der Waals surface area contributed by atoms with Crippen LogP contribution >= 0.6 is 0 Å². The second-order valence-corrected chi connectivity index (χ2v) is 12.4. The van der Waals surface area contributed by atoms with Crippen molar-refractivity contribution in [3.8, 4) is 5.75 Å². The minimum atomic E-state index is -0.647. The SMILES string of the molecule is CCOC(=O)c1nc(NC(=O)N[C@H]2CC[C@@H](Oc3ccc(=N)n(C(=N)C4(C)CC4)c3)c3ccccc32)cc(C(C)(C)C)n1. The average Bonchev–Trinajstić information content (AvgIpc) is 3.72. The molecule has 11 nitrogen and oxygen atoms in total. The lowest BCUT2D eigenvalue weighted by Crippen LogP contribution is -2.36. The van der Waals surface area contributed by atoms with E-state index in [0.29, 0.717) is 30.1 Å². The van der Waals surface area contributed by atoms with Crippen LogP contribution in [0, 0.1) is 16.2 Å². The van der Waals surface area contributed by atoms with Gasteiger partial charge in [-0.05, 0) is 55.9 Å². The van der Waals surface area contributed by atoms with Gasteiger partial charge >= 0.3 is 12.0 Å². The second-order valence-electron chi connectivity index (χ2n) is 12.4. The Bertz CT molecular complexity index is 1620. The normalized spacial score (nSPS) is 18.6. The van der Waals surface area contributed by atoms with Crippen LogP contribution < -0.4 is 20.9 Å². The van der Waals surface area contributed by atoms with Crippen molar-refractivity contribution in [3.05, 3.63) is 76.8 Å². The Balaban J connectivity index is 1.32. The van der Waals surface area contributed by atoms with E-state index in [1.54, 1.807) is 35.9 Å². The number of ether oxygens (including phenoxy) is 2. The quantitative estimate of drug-likeness (QED) is 0.160. The molecular formula is C32H39N7O4. The molecule has 0 bridgehead atoms. The third kappa shape index (κ3) is 6.60. The molecule has 0 radical (unpaired) electrons. The van der Waals surface area contributed by atoms with Crippen LogP contribution in [0.15, 0.2) is 48.7 Å². The molecule has 3 aromatic rings. The van der Waals surface area contributed by atoms with Gasteiger partial charge in [0.2, 0.25) is 5.82 Å². The van der Waals surface area contributed by atoms with E-state index in [0.717, 1.165) is 24.0 Å². The molecule has 2 aromatic heterocycles. The minimum Gasteiger partial charge on any atom is -0.484 e. The summed E-state index contributed by atoms with van der Waals surface area (Å²) in [4.78, 5) is 34.2. The smallest absolute Gasteiger partial charge is 0.376 e. The zero-order valence-corrected chi connectivity index (χ0v) is 25.3. The number of hydrogen-bond donors (Lipinski definition) is 4. The molecule has 2 atom stereocenters. The van der Waals surface area contributed by atoms with E-state index in [-0.39, 0.29) is 46.7 Å². The first kappa shape index (κ1) is 29.9. The Morgan fingerprint density at radius 1 is 1.09 bits per heavy atom. The number of nitrogens with zero attached hydrogens (tertiary/aromatic N) is 3. The second kappa shape index (κ2) is 11.6. The van der Waals surface area contributed by atoms with E-state index >= 15 is 0 Å². The number of rotatable bonds is 7. The molecule has 1 fully saturated rings. The number of amides is 2. The van der Waals surface area contributed by atoms with Gasteiger partial charge in [-0.1, -0.05) is 52.0 Å². The van der Waals surface area contributed by atoms with Crippen LogP contribution in [0.25, 0.3) is 0 Å². The van der Waals surface area contributed by atoms with Crippen LogP contribution in [-0.4, -0.2) is 39.0 Å². The number of urea groups is 1. The topological polar surface area (TPSA) is 155 Å². The lowest BCUT2D eigenvalue weighted by molar-refractivity contribution is 0.0511. The highest BCUT2D eigenvalue weighted by atomic mass is 16.5. The van der Waals surface area contributed by atoms with Crippen molar-refractivity contribution < 1.29 is 19.1 Å². The summed E-state index contributed by atoms with van der Waals surface area (Å²) in [6.07, 6.45) is 4.65. The van der Waals surface area contributed by atoms with E-state index in [1.165, 1.54) is 0 Å². The highest BCUT2D eigenvalue weighted by Gasteiger charge is 2.43. The molecule has 0 spiro atoms. The van der Waals surface area contributed by atoms with Crippen LogP contribution in [0.1, 0.15) is 99.9 Å². The number of nitrogens with one attached hydrogen (secondary N) is 4. The molecule has 11 heteroatoms. The summed E-state index contributed by atoms with van der Waals surface area (Å²) in [5.41, 5.74) is 2.19. The maximum absolute atomic E-state index is 13.2. The van der Waals surface area contributed by atoms with Gasteiger partial charge in [-0.3, -0.25) is 20.7 Å². The Hall–Kier alpha value is -4.54. The Labute approximate surface area is 251 Å². The van der Waals surface area contributed by atoms with Crippen LogP contribution in [0.5, 0.6) is 5.75 Å². The standard InChI is InChI=1S/C32H39N7O4/c1-6-42-28(40)27-36-24(31(2,3)4)17-26(37-27)38-30(41)35-22-12-13-23(21-10-8-7-9-20(21)22)43-19-11-14-25(33)39(18-19)29(34)32(5)15-16-32/h7-11,14,17-18,22-23,33-34H,6,12-13,15-16H2,1-5H3,(H2,35,36,37,38,41)/t22-,23+/m0/s1. The van der Waals surface area contributed by atoms with Gasteiger partial charge in [-0.2, -0.15) is 0 Å². The number of anilines is 1. The van der Waals surface area contributed by atoms with Crippen molar-refractivity contribution in [2.24, 2.45) is 5.41 Å². The third-order valence-corrected chi connectivity index (χ3v) is 7.95. The van der Waals surface area contributed by atoms with Gasteiger partial charge in [0, 0.05) is 16.9 Å². The van der Waals surface area contributed by atoms with Crippen LogP contribution in [-0.2, 0) is 10.2 Å². The fourth-order valence-corrected chi connectivity index (χ4v) is 5.13. The maximum Gasteiger partial charge on any atom is 0.376 e. The average molecular weight is 586 g/mol. The number of fused-ring (bicyclic) bond motifs is 1. The first-order valence-corrected chi connectivity index (χ1v) is 14.6. The van der Waals surface area contributed by atoms with E-state index < -0.39 is 12.0 Å². The van der Waals surface area contributed by atoms with Crippen molar-refractivity contribution in [1.29, 1.82) is 10.8 Å². The molecule has 2 heterocycles. The molecule has 1 aromatic carbocycles. The van der Waals surface area contributed by atoms with Crippen LogP contribution in [0.4, 0.5) is 10.6 Å². The molecule has 4 N–H and O–H groups in total. The highest BCUT2D eigenvalue weighted by molar-refractivity contribution is 5.90. The number of benzene rings is 1. The first-order valence-electron chi connectivity index (χ1n) is 14.6. The molecule has 0 aliphatic heterocycles. The van der Waals surface area contributed by atoms with Crippen molar-refractivity contribution in [2.75, 3.05) is 11.9 Å². The van der Waals surface area contributed by atoms with Crippen molar-refractivity contribution in [3.63, 3.8) is 0 Å². The number of hydrogen-bond acceptors (Lipinski definition) is 8. The summed E-state index contributed by atoms with van der Waals surface area (Å²) < 4.78 is 13.1. The molecule has 5 rings (SSSR count). The van der Waals surface area contributed by atoms with Gasteiger partial charge in [0.25, 0.3) is 0 Å². The molecular weight excluding hydrogens is 546 g/mol. The largest absolute Gasteiger partial charge is 0.484 e. The molecule has 226 valence electrons. The zero-order valence-electron chi connectivity index (χ0n) is 25.3. The fourth-order valence-electron chi connectivity index (χ4n) is 5.13. The molecule has 1 saturated carbocycles. The Morgan fingerprint density at radius 2 is 1.81 bits per heavy atom. The highest BCUT2D eigenvalue weighted by Crippen LogP contribution is 2.46. The maximum atomic E-state index is 13.2. The van der Waals surface area contributed by atoms with Gasteiger partial charge < -0.3 is 14.8 Å². The summed E-state index contributed by atoms with van der Waals surface area (Å²) >= 11 is 0. The number of aromatic nitrogens is 3. The van der Waals surface area contributed by atoms with E-state index in [2.05, 4.69) is 20.6 Å². The van der Waals surface area contributed by atoms with Gasteiger partial charge in [-0.15, -0.1) is 0 Å². The Morgan fingerprint density at radius 3 is 2.49 bits per heavy atom. The predicted octanol–water partition coefficient (Wildman–Crippen LogP) is 5.63. The van der Waals surface area contributed by atoms with Gasteiger partial charge in [0.1, 0.15) is 29.0 Å². The number of esters is 1. The van der Waals surface area contributed by atoms with E-state index in [9.17, 15) is 9.59 Å². The van der Waals surface area contributed by atoms with Crippen molar-refractivity contribution in [1.82, 2.24) is 19.9 Å². The first-order chi connectivity index (χ1) is 20.4. The summed E-state index contributed by atoms with van der Waals surface area (Å²) in [7, 11) is 0. The lowest BCUT2D eigenvalue weighted by Gasteiger charge is -2.32. The molecule has 2 amide bonds. The molecule has 0 saturated heterocycles. The summed E-state index contributed by atoms with van der Waals surface area (Å²) in [6, 6.07) is 12.2. The third-order valence-electron chi connectivity index (χ3n) is 7.95. The lowest BCUT2D eigenvalue weighted by atomic mass is 9.85. The van der Waals surface area contributed by atoms with Crippen molar-refractivity contribution >= 4 is 23.7 Å². The van der Waals surface area contributed by atoms with Crippen molar-refractivity contribution in [2.45, 2.75) is 77.9 Å². The van der Waals surface area contributed by atoms with Gasteiger partial charge in [-0.25, -0.2) is 19.6 Å². The Kier molecular flexibility index (Phi) is 8.09. The van der Waals surface area contributed by atoms with Crippen LogP contribution in [0.2, 0.25) is 0 Å².